The van der Waals surface area contributed by atoms with Crippen molar-refractivity contribution in [3.05, 3.63) is 34.5 Å². The molecular formula is C9H10N4O3S2. The van der Waals surface area contributed by atoms with Gasteiger partial charge in [-0.3, -0.25) is 9.48 Å². The molecular weight excluding hydrogens is 276 g/mol. The molecule has 1 amide bonds. The van der Waals surface area contributed by atoms with Gasteiger partial charge in [0.05, 0.1) is 5.75 Å². The van der Waals surface area contributed by atoms with Crippen LogP contribution in [0.2, 0.25) is 0 Å². The Morgan fingerprint density at radius 2 is 2.33 bits per heavy atom. The molecule has 0 aliphatic heterocycles. The smallest absolute Gasteiger partial charge is 0.264 e. The summed E-state index contributed by atoms with van der Waals surface area (Å²) in [5.74, 6) is -1.24. The SMILES string of the molecule is Cn1cnc(C(=O)NS(=O)(=O)Cc2ccsc2)n1. The number of carbonyl (C=O) groups is 1. The van der Waals surface area contributed by atoms with Crippen LogP contribution in [-0.2, 0) is 22.8 Å². The number of amides is 1. The fourth-order valence-electron chi connectivity index (χ4n) is 1.26. The molecule has 0 aromatic carbocycles. The van der Waals surface area contributed by atoms with Gasteiger partial charge in [-0.2, -0.15) is 11.3 Å². The second-order valence-electron chi connectivity index (χ2n) is 3.56. The third-order valence-electron chi connectivity index (χ3n) is 1.99. The summed E-state index contributed by atoms with van der Waals surface area (Å²) in [6, 6.07) is 1.69. The van der Waals surface area contributed by atoms with Gasteiger partial charge >= 0.3 is 5.91 Å². The van der Waals surface area contributed by atoms with E-state index in [1.807, 2.05) is 4.72 Å². The maximum atomic E-state index is 11.7. The molecule has 0 saturated heterocycles. The van der Waals surface area contributed by atoms with Crippen molar-refractivity contribution < 1.29 is 13.2 Å². The van der Waals surface area contributed by atoms with Gasteiger partial charge in [-0.05, 0) is 22.4 Å². The van der Waals surface area contributed by atoms with Crippen LogP contribution in [0.15, 0.2) is 23.2 Å². The van der Waals surface area contributed by atoms with E-state index < -0.39 is 15.9 Å². The van der Waals surface area contributed by atoms with Gasteiger partial charge in [0, 0.05) is 7.05 Å². The minimum atomic E-state index is -3.72. The molecule has 96 valence electrons. The molecule has 2 heterocycles. The van der Waals surface area contributed by atoms with Crippen LogP contribution in [-0.4, -0.2) is 29.1 Å². The molecule has 0 saturated carbocycles. The minimum absolute atomic E-state index is 0.175. The molecule has 2 aromatic rings. The van der Waals surface area contributed by atoms with E-state index in [1.54, 1.807) is 23.9 Å². The normalized spacial score (nSPS) is 11.4. The predicted molar refractivity (Wildman–Crippen MR) is 65.4 cm³/mol. The van der Waals surface area contributed by atoms with Crippen LogP contribution in [0.1, 0.15) is 16.2 Å². The number of nitrogens with zero attached hydrogens (tertiary/aromatic N) is 3. The van der Waals surface area contributed by atoms with Gasteiger partial charge in [-0.15, -0.1) is 5.10 Å². The van der Waals surface area contributed by atoms with Crippen LogP contribution < -0.4 is 4.72 Å². The number of hydrogen-bond donors (Lipinski definition) is 1. The Morgan fingerprint density at radius 1 is 1.56 bits per heavy atom. The van der Waals surface area contributed by atoms with E-state index in [0.29, 0.717) is 5.56 Å². The lowest BCUT2D eigenvalue weighted by Gasteiger charge is -2.03. The fourth-order valence-corrected chi connectivity index (χ4v) is 3.10. The Labute approximate surface area is 108 Å². The van der Waals surface area contributed by atoms with Crippen LogP contribution >= 0.6 is 11.3 Å². The van der Waals surface area contributed by atoms with Crippen molar-refractivity contribution in [1.82, 2.24) is 19.5 Å². The highest BCUT2D eigenvalue weighted by Gasteiger charge is 2.19. The predicted octanol–water partition coefficient (Wildman–Crippen LogP) is 0.136. The van der Waals surface area contributed by atoms with Crippen molar-refractivity contribution >= 4 is 27.3 Å². The van der Waals surface area contributed by atoms with E-state index in [9.17, 15) is 13.2 Å². The number of thiophene rings is 1. The summed E-state index contributed by atoms with van der Waals surface area (Å²) in [6.07, 6.45) is 1.32. The van der Waals surface area contributed by atoms with Gasteiger partial charge in [-0.1, -0.05) is 0 Å². The Bertz CT molecular complexity index is 645. The number of aromatic nitrogens is 3. The zero-order valence-electron chi connectivity index (χ0n) is 9.40. The van der Waals surface area contributed by atoms with E-state index in [-0.39, 0.29) is 11.6 Å². The summed E-state index contributed by atoms with van der Waals surface area (Å²) >= 11 is 1.39. The summed E-state index contributed by atoms with van der Waals surface area (Å²) in [7, 11) is -2.14. The lowest BCUT2D eigenvalue weighted by atomic mass is 10.4. The van der Waals surface area contributed by atoms with Crippen molar-refractivity contribution in [3.63, 3.8) is 0 Å². The van der Waals surface area contributed by atoms with Crippen molar-refractivity contribution in [2.45, 2.75) is 5.75 Å². The highest BCUT2D eigenvalue weighted by atomic mass is 32.2. The summed E-state index contributed by atoms with van der Waals surface area (Å²) in [5.41, 5.74) is 0.634. The molecule has 0 aliphatic rings. The molecule has 1 N–H and O–H groups in total. The molecule has 0 bridgehead atoms. The van der Waals surface area contributed by atoms with Crippen LogP contribution in [0, 0.1) is 0 Å². The standard InChI is InChI=1S/C9H10N4O3S2/c1-13-6-10-8(11-13)9(14)12-18(15,16)5-7-2-3-17-4-7/h2-4,6H,5H2,1H3,(H,12,14). The molecule has 9 heteroatoms. The molecule has 0 radical (unpaired) electrons. The first-order valence-electron chi connectivity index (χ1n) is 4.88. The number of aryl methyl sites for hydroxylation is 1. The molecule has 0 atom stereocenters. The van der Waals surface area contributed by atoms with Crippen LogP contribution in [0.4, 0.5) is 0 Å². The van der Waals surface area contributed by atoms with Gasteiger partial charge in [0.2, 0.25) is 15.8 Å². The van der Waals surface area contributed by atoms with Crippen molar-refractivity contribution in [3.8, 4) is 0 Å². The maximum absolute atomic E-state index is 11.7. The minimum Gasteiger partial charge on any atom is -0.264 e. The summed E-state index contributed by atoms with van der Waals surface area (Å²) < 4.78 is 26.6. The number of sulfonamides is 1. The topological polar surface area (TPSA) is 94.0 Å². The first-order chi connectivity index (χ1) is 8.46. The largest absolute Gasteiger partial charge is 0.304 e. The van der Waals surface area contributed by atoms with Gasteiger partial charge in [0.1, 0.15) is 6.33 Å². The van der Waals surface area contributed by atoms with E-state index in [4.69, 9.17) is 0 Å². The van der Waals surface area contributed by atoms with Crippen molar-refractivity contribution in [1.29, 1.82) is 0 Å². The molecule has 7 nitrogen and oxygen atoms in total. The van der Waals surface area contributed by atoms with Crippen molar-refractivity contribution in [2.75, 3.05) is 0 Å². The van der Waals surface area contributed by atoms with Gasteiger partial charge in [0.15, 0.2) is 0 Å². The van der Waals surface area contributed by atoms with Gasteiger partial charge in [-0.25, -0.2) is 18.1 Å². The fraction of sp³-hybridized carbons (Fsp3) is 0.222. The first kappa shape index (κ1) is 12.7. The Kier molecular flexibility index (Phi) is 3.43. The molecule has 0 unspecified atom stereocenters. The number of carbonyl (C=O) groups excluding carboxylic acids is 1. The van der Waals surface area contributed by atoms with Crippen molar-refractivity contribution in [2.24, 2.45) is 7.05 Å². The molecule has 2 aromatic heterocycles. The third-order valence-corrected chi connectivity index (χ3v) is 3.93. The average Bonchev–Trinajstić information content (AvgIpc) is 2.87. The van der Waals surface area contributed by atoms with Crippen LogP contribution in [0.5, 0.6) is 0 Å². The molecule has 0 aliphatic carbocycles. The summed E-state index contributed by atoms with van der Waals surface area (Å²) in [4.78, 5) is 15.3. The zero-order chi connectivity index (χ0) is 13.2. The van der Waals surface area contributed by atoms with E-state index in [0.717, 1.165) is 0 Å². The second-order valence-corrected chi connectivity index (χ2v) is 6.07. The average molecular weight is 286 g/mol. The number of nitrogens with one attached hydrogen (secondary N) is 1. The zero-order valence-corrected chi connectivity index (χ0v) is 11.0. The van der Waals surface area contributed by atoms with Crippen LogP contribution in [0.3, 0.4) is 0 Å². The van der Waals surface area contributed by atoms with Gasteiger partial charge in [0.25, 0.3) is 0 Å². The van der Waals surface area contributed by atoms with Gasteiger partial charge < -0.3 is 0 Å². The third kappa shape index (κ3) is 3.14. The molecule has 0 fully saturated rings. The summed E-state index contributed by atoms with van der Waals surface area (Å²) in [5, 5.41) is 7.20. The number of hydrogen-bond acceptors (Lipinski definition) is 6. The molecule has 2 rings (SSSR count). The quantitative estimate of drug-likeness (QED) is 0.862. The highest BCUT2D eigenvalue weighted by molar-refractivity contribution is 7.89. The van der Waals surface area contributed by atoms with E-state index >= 15 is 0 Å². The van der Waals surface area contributed by atoms with E-state index in [2.05, 4.69) is 10.1 Å². The van der Waals surface area contributed by atoms with E-state index in [1.165, 1.54) is 22.3 Å². The Balaban J connectivity index is 2.06. The summed E-state index contributed by atoms with van der Waals surface area (Å²) in [6.45, 7) is 0. The Morgan fingerprint density at radius 3 is 2.89 bits per heavy atom. The molecule has 18 heavy (non-hydrogen) atoms. The highest BCUT2D eigenvalue weighted by Crippen LogP contribution is 2.09. The lowest BCUT2D eigenvalue weighted by molar-refractivity contribution is 0.0971. The number of rotatable bonds is 4. The first-order valence-corrected chi connectivity index (χ1v) is 7.47. The van der Waals surface area contributed by atoms with Crippen LogP contribution in [0.25, 0.3) is 0 Å². The molecule has 0 spiro atoms. The maximum Gasteiger partial charge on any atom is 0.304 e. The Hall–Kier alpha value is -1.74. The second kappa shape index (κ2) is 4.86. The lowest BCUT2D eigenvalue weighted by Crippen LogP contribution is -2.32. The monoisotopic (exact) mass is 286 g/mol.